The van der Waals surface area contributed by atoms with E-state index in [1.165, 1.54) is 29.8 Å². The van der Waals surface area contributed by atoms with Gasteiger partial charge in [-0.1, -0.05) is 35.9 Å². The van der Waals surface area contributed by atoms with Crippen molar-refractivity contribution in [1.29, 1.82) is 0 Å². The summed E-state index contributed by atoms with van der Waals surface area (Å²) in [5, 5.41) is 2.75. The van der Waals surface area contributed by atoms with Crippen LogP contribution in [0.5, 0.6) is 5.75 Å². The summed E-state index contributed by atoms with van der Waals surface area (Å²) in [5.41, 5.74) is 4.96. The highest BCUT2D eigenvalue weighted by molar-refractivity contribution is 5.94. The molecule has 1 aliphatic carbocycles. The van der Waals surface area contributed by atoms with Gasteiger partial charge in [0.1, 0.15) is 11.6 Å². The zero-order valence-corrected chi connectivity index (χ0v) is 20.0. The van der Waals surface area contributed by atoms with Crippen molar-refractivity contribution in [1.82, 2.24) is 4.90 Å². The van der Waals surface area contributed by atoms with Crippen LogP contribution in [-0.2, 0) is 16.0 Å². The Morgan fingerprint density at radius 3 is 2.54 bits per heavy atom. The maximum absolute atomic E-state index is 13.2. The highest BCUT2D eigenvalue weighted by atomic mass is 19.1. The maximum Gasteiger partial charge on any atom is 0.265 e. The normalized spacial score (nSPS) is 17.9. The number of carbonyl (C=O) groups is 2. The number of anilines is 1. The van der Waals surface area contributed by atoms with E-state index in [1.54, 1.807) is 6.92 Å². The Bertz CT molecular complexity index is 1250. The van der Waals surface area contributed by atoms with Crippen LogP contribution in [0.1, 0.15) is 48.1 Å². The van der Waals surface area contributed by atoms with Gasteiger partial charge in [0.25, 0.3) is 5.91 Å². The van der Waals surface area contributed by atoms with Gasteiger partial charge in [-0.25, -0.2) is 4.39 Å². The van der Waals surface area contributed by atoms with Crippen LogP contribution in [0, 0.1) is 18.7 Å². The van der Waals surface area contributed by atoms with Gasteiger partial charge in [0.15, 0.2) is 6.10 Å². The van der Waals surface area contributed by atoms with Gasteiger partial charge in [0, 0.05) is 18.2 Å². The summed E-state index contributed by atoms with van der Waals surface area (Å²) >= 11 is 0. The van der Waals surface area contributed by atoms with Gasteiger partial charge in [-0.15, -0.1) is 0 Å². The predicted molar refractivity (Wildman–Crippen MR) is 133 cm³/mol. The minimum Gasteiger partial charge on any atom is -0.481 e. The average Bonchev–Trinajstić information content (AvgIpc) is 3.70. The number of amides is 2. The van der Waals surface area contributed by atoms with Gasteiger partial charge in [-0.3, -0.25) is 9.59 Å². The smallest absolute Gasteiger partial charge is 0.265 e. The van der Waals surface area contributed by atoms with Crippen molar-refractivity contribution in [2.45, 2.75) is 45.3 Å². The molecule has 0 saturated heterocycles. The van der Waals surface area contributed by atoms with Crippen molar-refractivity contribution in [3.8, 4) is 5.75 Å². The van der Waals surface area contributed by atoms with E-state index in [0.29, 0.717) is 18.0 Å². The van der Waals surface area contributed by atoms with Crippen LogP contribution < -0.4 is 10.1 Å². The maximum atomic E-state index is 13.2. The first kappa shape index (κ1) is 23.1. The van der Waals surface area contributed by atoms with E-state index in [-0.39, 0.29) is 29.6 Å². The molecule has 3 aromatic carbocycles. The fourth-order valence-electron chi connectivity index (χ4n) is 4.70. The van der Waals surface area contributed by atoms with Gasteiger partial charge in [0.05, 0.1) is 6.04 Å². The predicted octanol–water partition coefficient (Wildman–Crippen LogP) is 5.42. The second kappa shape index (κ2) is 9.53. The second-order valence-electron chi connectivity index (χ2n) is 9.49. The van der Waals surface area contributed by atoms with Crippen LogP contribution in [0.25, 0.3) is 0 Å². The largest absolute Gasteiger partial charge is 0.481 e. The lowest BCUT2D eigenvalue weighted by Crippen LogP contribution is -2.41. The molecule has 0 bridgehead atoms. The number of fused-ring (bicyclic) bond motifs is 1. The lowest BCUT2D eigenvalue weighted by atomic mass is 9.87. The van der Waals surface area contributed by atoms with Crippen molar-refractivity contribution in [3.05, 3.63) is 94.8 Å². The number of aryl methyl sites for hydroxylation is 1. The number of hydrogen-bond acceptors (Lipinski definition) is 3. The van der Waals surface area contributed by atoms with E-state index < -0.39 is 6.10 Å². The van der Waals surface area contributed by atoms with Gasteiger partial charge in [-0.2, -0.15) is 0 Å². The molecular weight excluding hydrogens is 443 g/mol. The first-order valence-electron chi connectivity index (χ1n) is 12.1. The molecule has 6 heteroatoms. The quantitative estimate of drug-likeness (QED) is 0.521. The Hall–Kier alpha value is -3.67. The first-order chi connectivity index (χ1) is 16.9. The van der Waals surface area contributed by atoms with Crippen molar-refractivity contribution in [2.75, 3.05) is 11.9 Å². The first-order valence-corrected chi connectivity index (χ1v) is 12.1. The zero-order valence-electron chi connectivity index (χ0n) is 20.0. The fourth-order valence-corrected chi connectivity index (χ4v) is 4.70. The van der Waals surface area contributed by atoms with Crippen LogP contribution in [0.3, 0.4) is 0 Å². The molecule has 2 aliphatic rings. The summed E-state index contributed by atoms with van der Waals surface area (Å²) in [6, 6.07) is 19.6. The summed E-state index contributed by atoms with van der Waals surface area (Å²) in [5.74, 6) is 0.247. The molecular formula is C29H29FN2O3. The van der Waals surface area contributed by atoms with Gasteiger partial charge < -0.3 is 15.0 Å². The Labute approximate surface area is 204 Å². The third kappa shape index (κ3) is 5.06. The van der Waals surface area contributed by atoms with Gasteiger partial charge in [-0.05, 0) is 86.2 Å². The Balaban J connectivity index is 1.40. The number of ether oxygens (including phenoxy) is 1. The molecule has 180 valence electrons. The van der Waals surface area contributed by atoms with Crippen LogP contribution in [0.2, 0.25) is 0 Å². The molecule has 1 saturated carbocycles. The molecule has 5 nitrogen and oxygen atoms in total. The van der Waals surface area contributed by atoms with E-state index in [1.807, 2.05) is 29.2 Å². The van der Waals surface area contributed by atoms with Crippen molar-refractivity contribution in [3.63, 3.8) is 0 Å². The van der Waals surface area contributed by atoms with E-state index in [4.69, 9.17) is 4.74 Å². The number of halogens is 1. The van der Waals surface area contributed by atoms with Crippen molar-refractivity contribution in [2.24, 2.45) is 5.92 Å². The zero-order chi connectivity index (χ0) is 24.5. The molecule has 3 aromatic rings. The molecule has 2 amide bonds. The highest BCUT2D eigenvalue weighted by Gasteiger charge is 2.39. The van der Waals surface area contributed by atoms with Crippen LogP contribution in [0.4, 0.5) is 10.1 Å². The molecule has 0 aromatic heterocycles. The average molecular weight is 473 g/mol. The Kier molecular flexibility index (Phi) is 6.29. The molecule has 0 radical (unpaired) electrons. The van der Waals surface area contributed by atoms with Crippen molar-refractivity contribution >= 4 is 17.5 Å². The summed E-state index contributed by atoms with van der Waals surface area (Å²) in [7, 11) is 0. The van der Waals surface area contributed by atoms with Crippen molar-refractivity contribution < 1.29 is 18.7 Å². The summed E-state index contributed by atoms with van der Waals surface area (Å²) < 4.78 is 19.2. The molecule has 0 spiro atoms. The fraction of sp³-hybridized carbons (Fsp3) is 0.310. The van der Waals surface area contributed by atoms with E-state index in [9.17, 15) is 14.0 Å². The number of carbonyl (C=O) groups excluding carboxylic acids is 2. The monoisotopic (exact) mass is 472 g/mol. The molecule has 2 atom stereocenters. The molecule has 5 rings (SSSR count). The highest BCUT2D eigenvalue weighted by Crippen LogP contribution is 2.41. The number of benzene rings is 3. The summed E-state index contributed by atoms with van der Waals surface area (Å²) in [4.78, 5) is 27.9. The number of nitrogens with zero attached hydrogens (tertiary/aromatic N) is 1. The SMILES string of the molecule is Cc1cccc([C@@H]2c3cc(O[C@H](C)C(=O)Nc4ccc(F)cc4)ccc3CCN2C(=O)C2CC2)c1. The third-order valence-corrected chi connectivity index (χ3v) is 6.71. The lowest BCUT2D eigenvalue weighted by Gasteiger charge is -2.38. The number of rotatable bonds is 6. The van der Waals surface area contributed by atoms with Crippen LogP contribution in [0.15, 0.2) is 66.7 Å². The van der Waals surface area contributed by atoms with E-state index in [0.717, 1.165) is 36.0 Å². The van der Waals surface area contributed by atoms with E-state index >= 15 is 0 Å². The molecule has 0 unspecified atom stereocenters. The second-order valence-corrected chi connectivity index (χ2v) is 9.49. The topological polar surface area (TPSA) is 58.6 Å². The molecule has 1 heterocycles. The van der Waals surface area contributed by atoms with Crippen LogP contribution >= 0.6 is 0 Å². The minimum absolute atomic E-state index is 0.137. The summed E-state index contributed by atoms with van der Waals surface area (Å²) in [6.07, 6.45) is 1.96. The number of hydrogen-bond donors (Lipinski definition) is 1. The van der Waals surface area contributed by atoms with E-state index in [2.05, 4.69) is 30.4 Å². The number of nitrogens with one attached hydrogen (secondary N) is 1. The Morgan fingerprint density at radius 1 is 1.06 bits per heavy atom. The van der Waals surface area contributed by atoms with Gasteiger partial charge in [0.2, 0.25) is 5.91 Å². The molecule has 1 fully saturated rings. The lowest BCUT2D eigenvalue weighted by molar-refractivity contribution is -0.134. The Morgan fingerprint density at radius 2 is 1.83 bits per heavy atom. The third-order valence-electron chi connectivity index (χ3n) is 6.71. The standard InChI is InChI=1S/C29H29FN2O3/c1-18-4-3-5-22(16-18)27-26-17-25(13-8-20(26)14-15-32(27)29(34)21-6-7-21)35-19(2)28(33)31-24-11-9-23(30)10-12-24/h3-5,8-13,16-17,19,21,27H,6-7,14-15H2,1-2H3,(H,31,33)/t19-,27-/m1/s1. The molecule has 1 N–H and O–H groups in total. The summed E-state index contributed by atoms with van der Waals surface area (Å²) in [6.45, 7) is 4.43. The molecule has 35 heavy (non-hydrogen) atoms. The minimum atomic E-state index is -0.761. The van der Waals surface area contributed by atoms with Crippen LogP contribution in [-0.4, -0.2) is 29.4 Å². The molecule has 1 aliphatic heterocycles. The van der Waals surface area contributed by atoms with Gasteiger partial charge >= 0.3 is 0 Å².